The molecule has 1 aliphatic heterocycles. The first-order chi connectivity index (χ1) is 9.77. The second-order valence-electron chi connectivity index (χ2n) is 5.15. The Labute approximate surface area is 129 Å². The highest BCUT2D eigenvalue weighted by molar-refractivity contribution is 7.88. The molecule has 0 radical (unpaired) electrons. The molecule has 1 aromatic rings. The van der Waals surface area contributed by atoms with Gasteiger partial charge in [-0.15, -0.1) is 0 Å². The lowest BCUT2D eigenvalue weighted by atomic mass is 10.1. The first kappa shape index (κ1) is 16.1. The van der Waals surface area contributed by atoms with Gasteiger partial charge >= 0.3 is 0 Å². The van der Waals surface area contributed by atoms with Crippen molar-refractivity contribution in [3.05, 3.63) is 28.8 Å². The van der Waals surface area contributed by atoms with Gasteiger partial charge in [-0.25, -0.2) is 12.7 Å². The number of carbonyl (C=O) groups is 1. The number of nitrogens with one attached hydrogen (secondary N) is 1. The summed E-state index contributed by atoms with van der Waals surface area (Å²) in [6.45, 7) is 0.846. The molecule has 21 heavy (non-hydrogen) atoms. The van der Waals surface area contributed by atoms with Crippen molar-refractivity contribution in [2.24, 2.45) is 0 Å². The van der Waals surface area contributed by atoms with Crippen LogP contribution in [0.5, 0.6) is 0 Å². The van der Waals surface area contributed by atoms with Crippen LogP contribution in [0.15, 0.2) is 18.2 Å². The standard InChI is InChI=1S/C13H18ClN3O3S/c1-21(19,20)17-6-4-10(5-7-17)16-13(18)9-2-3-11(14)12(15)8-9/h2-3,8,10H,4-7,15H2,1H3,(H,16,18). The molecule has 2 rings (SSSR count). The first-order valence-corrected chi connectivity index (χ1v) is 8.81. The van der Waals surface area contributed by atoms with Gasteiger partial charge in [-0.2, -0.15) is 0 Å². The lowest BCUT2D eigenvalue weighted by Crippen LogP contribution is -2.46. The predicted molar refractivity (Wildman–Crippen MR) is 82.8 cm³/mol. The summed E-state index contributed by atoms with van der Waals surface area (Å²) < 4.78 is 24.3. The number of hydrogen-bond acceptors (Lipinski definition) is 4. The molecule has 1 heterocycles. The van der Waals surface area contributed by atoms with E-state index in [2.05, 4.69) is 5.32 Å². The predicted octanol–water partition coefficient (Wildman–Crippen LogP) is 1.08. The van der Waals surface area contributed by atoms with Crippen LogP contribution in [-0.4, -0.2) is 44.0 Å². The molecule has 3 N–H and O–H groups in total. The maximum absolute atomic E-state index is 12.1. The molecule has 0 atom stereocenters. The van der Waals surface area contributed by atoms with Gasteiger partial charge in [0.1, 0.15) is 0 Å². The van der Waals surface area contributed by atoms with Crippen molar-refractivity contribution >= 4 is 33.2 Å². The van der Waals surface area contributed by atoms with Crippen LogP contribution in [0.25, 0.3) is 0 Å². The summed E-state index contributed by atoms with van der Waals surface area (Å²) in [4.78, 5) is 12.1. The minimum atomic E-state index is -3.15. The number of amides is 1. The lowest BCUT2D eigenvalue weighted by Gasteiger charge is -2.30. The van der Waals surface area contributed by atoms with Crippen LogP contribution in [0.4, 0.5) is 5.69 Å². The second kappa shape index (κ2) is 6.21. The zero-order valence-corrected chi connectivity index (χ0v) is 13.2. The number of carbonyl (C=O) groups excluding carboxylic acids is 1. The molecule has 6 nitrogen and oxygen atoms in total. The van der Waals surface area contributed by atoms with E-state index >= 15 is 0 Å². The number of sulfonamides is 1. The van der Waals surface area contributed by atoms with Gasteiger partial charge < -0.3 is 11.1 Å². The van der Waals surface area contributed by atoms with Crippen LogP contribution in [0.1, 0.15) is 23.2 Å². The highest BCUT2D eigenvalue weighted by Crippen LogP contribution is 2.20. The fourth-order valence-corrected chi connectivity index (χ4v) is 3.28. The van der Waals surface area contributed by atoms with E-state index in [0.29, 0.717) is 42.2 Å². The summed E-state index contributed by atoms with van der Waals surface area (Å²) in [5.74, 6) is -0.226. The number of hydrogen-bond donors (Lipinski definition) is 2. The highest BCUT2D eigenvalue weighted by atomic mass is 35.5. The molecule has 0 unspecified atom stereocenters. The third-order valence-electron chi connectivity index (χ3n) is 3.52. The van der Waals surface area contributed by atoms with E-state index in [9.17, 15) is 13.2 Å². The van der Waals surface area contributed by atoms with Crippen LogP contribution in [0, 0.1) is 0 Å². The van der Waals surface area contributed by atoms with Crippen molar-refractivity contribution in [3.63, 3.8) is 0 Å². The van der Waals surface area contributed by atoms with Crippen LogP contribution in [0.3, 0.4) is 0 Å². The van der Waals surface area contributed by atoms with Crippen LogP contribution < -0.4 is 11.1 Å². The van der Waals surface area contributed by atoms with E-state index in [1.807, 2.05) is 0 Å². The third kappa shape index (κ3) is 4.09. The van der Waals surface area contributed by atoms with Gasteiger partial charge in [0, 0.05) is 24.7 Å². The average Bonchev–Trinajstić information content (AvgIpc) is 2.41. The van der Waals surface area contributed by atoms with Crippen LogP contribution >= 0.6 is 11.6 Å². The van der Waals surface area contributed by atoms with Crippen LogP contribution in [0.2, 0.25) is 5.02 Å². The number of benzene rings is 1. The molecule has 0 aliphatic carbocycles. The molecular formula is C13H18ClN3O3S. The molecule has 8 heteroatoms. The Balaban J connectivity index is 1.94. The van der Waals surface area contributed by atoms with Gasteiger partial charge in [-0.3, -0.25) is 4.79 Å². The largest absolute Gasteiger partial charge is 0.398 e. The molecule has 0 aromatic heterocycles. The molecule has 1 fully saturated rings. The Morgan fingerprint density at radius 1 is 1.38 bits per heavy atom. The van der Waals surface area contributed by atoms with Crippen molar-refractivity contribution in [2.75, 3.05) is 25.1 Å². The number of nitrogens with zero attached hydrogens (tertiary/aromatic N) is 1. The summed E-state index contributed by atoms with van der Waals surface area (Å²) in [6, 6.07) is 4.69. The molecule has 0 saturated carbocycles. The summed E-state index contributed by atoms with van der Waals surface area (Å²) in [5, 5.41) is 3.30. The molecular weight excluding hydrogens is 314 g/mol. The van der Waals surface area contributed by atoms with Gasteiger partial charge in [0.05, 0.1) is 17.0 Å². The number of piperidine rings is 1. The van der Waals surface area contributed by atoms with Crippen molar-refractivity contribution in [2.45, 2.75) is 18.9 Å². The Hall–Kier alpha value is -1.31. The van der Waals surface area contributed by atoms with E-state index in [4.69, 9.17) is 17.3 Å². The summed E-state index contributed by atoms with van der Waals surface area (Å²) in [6.07, 6.45) is 2.39. The van der Waals surface area contributed by atoms with E-state index in [0.717, 1.165) is 0 Å². The average molecular weight is 332 g/mol. The van der Waals surface area contributed by atoms with Gasteiger partial charge in [0.2, 0.25) is 10.0 Å². The third-order valence-corrected chi connectivity index (χ3v) is 5.16. The first-order valence-electron chi connectivity index (χ1n) is 6.58. The Morgan fingerprint density at radius 2 is 2.00 bits per heavy atom. The molecule has 1 aliphatic rings. The quantitative estimate of drug-likeness (QED) is 0.810. The zero-order valence-electron chi connectivity index (χ0n) is 11.7. The van der Waals surface area contributed by atoms with Gasteiger partial charge in [-0.05, 0) is 31.0 Å². The van der Waals surface area contributed by atoms with Gasteiger partial charge in [0.25, 0.3) is 5.91 Å². The minimum Gasteiger partial charge on any atom is -0.398 e. The van der Waals surface area contributed by atoms with E-state index in [-0.39, 0.29) is 11.9 Å². The van der Waals surface area contributed by atoms with Crippen molar-refractivity contribution in [3.8, 4) is 0 Å². The molecule has 1 amide bonds. The highest BCUT2D eigenvalue weighted by Gasteiger charge is 2.25. The second-order valence-corrected chi connectivity index (χ2v) is 7.54. The SMILES string of the molecule is CS(=O)(=O)N1CCC(NC(=O)c2ccc(Cl)c(N)c2)CC1. The van der Waals surface area contributed by atoms with E-state index in [1.165, 1.54) is 16.6 Å². The minimum absolute atomic E-state index is 0.0348. The molecule has 1 saturated heterocycles. The maximum Gasteiger partial charge on any atom is 0.251 e. The van der Waals surface area contributed by atoms with Gasteiger partial charge in [-0.1, -0.05) is 11.6 Å². The number of rotatable bonds is 3. The van der Waals surface area contributed by atoms with Gasteiger partial charge in [0.15, 0.2) is 0 Å². The fraction of sp³-hybridized carbons (Fsp3) is 0.462. The van der Waals surface area contributed by atoms with E-state index < -0.39 is 10.0 Å². The van der Waals surface area contributed by atoms with Crippen molar-refractivity contribution in [1.82, 2.24) is 9.62 Å². The van der Waals surface area contributed by atoms with E-state index in [1.54, 1.807) is 12.1 Å². The number of halogens is 1. The Kier molecular flexibility index (Phi) is 4.75. The Morgan fingerprint density at radius 3 is 2.52 bits per heavy atom. The maximum atomic E-state index is 12.1. The monoisotopic (exact) mass is 331 g/mol. The molecule has 0 bridgehead atoms. The topological polar surface area (TPSA) is 92.5 Å². The number of nitrogens with two attached hydrogens (primary N) is 1. The van der Waals surface area contributed by atoms with Crippen LogP contribution in [-0.2, 0) is 10.0 Å². The molecule has 0 spiro atoms. The lowest BCUT2D eigenvalue weighted by molar-refractivity contribution is 0.0924. The van der Waals surface area contributed by atoms with Crippen molar-refractivity contribution in [1.29, 1.82) is 0 Å². The zero-order chi connectivity index (χ0) is 15.6. The summed E-state index contributed by atoms with van der Waals surface area (Å²) >= 11 is 5.82. The number of anilines is 1. The number of nitrogen functional groups attached to an aromatic ring is 1. The summed E-state index contributed by atoms with van der Waals surface area (Å²) in [7, 11) is -3.15. The summed E-state index contributed by atoms with van der Waals surface area (Å²) in [5.41, 5.74) is 6.48. The normalized spacial score (nSPS) is 17.6. The molecule has 116 valence electrons. The smallest absolute Gasteiger partial charge is 0.251 e. The molecule has 1 aromatic carbocycles. The Bertz CT molecular complexity index is 640. The van der Waals surface area contributed by atoms with Crippen molar-refractivity contribution < 1.29 is 13.2 Å². The fourth-order valence-electron chi connectivity index (χ4n) is 2.29.